The van der Waals surface area contributed by atoms with E-state index in [0.717, 1.165) is 27.9 Å². The number of ether oxygens (including phenoxy) is 1. The Morgan fingerprint density at radius 3 is 2.32 bits per heavy atom. The van der Waals surface area contributed by atoms with Crippen molar-refractivity contribution < 1.29 is 14.3 Å². The molecule has 1 aliphatic rings. The molecule has 0 aromatic heterocycles. The molecule has 3 rings (SSSR count). The van der Waals surface area contributed by atoms with Gasteiger partial charge in [0.25, 0.3) is 0 Å². The molecule has 1 atom stereocenters. The Kier molecular flexibility index (Phi) is 4.62. The average molecular weight is 337 g/mol. The molecular formula is C21H23NO3. The summed E-state index contributed by atoms with van der Waals surface area (Å²) in [6.45, 7) is 8.33. The molecule has 0 unspecified atom stereocenters. The summed E-state index contributed by atoms with van der Waals surface area (Å²) in [7, 11) is 0. The first kappa shape index (κ1) is 17.2. The Balaban J connectivity index is 1.75. The lowest BCUT2D eigenvalue weighted by molar-refractivity contribution is -0.139. The van der Waals surface area contributed by atoms with Crippen LogP contribution in [0.2, 0.25) is 0 Å². The van der Waals surface area contributed by atoms with E-state index in [1.54, 1.807) is 11.0 Å². The van der Waals surface area contributed by atoms with E-state index in [9.17, 15) is 9.59 Å². The molecule has 0 aliphatic carbocycles. The molecule has 0 N–H and O–H groups in total. The van der Waals surface area contributed by atoms with Crippen LogP contribution in [0.15, 0.2) is 36.4 Å². The van der Waals surface area contributed by atoms with Crippen molar-refractivity contribution in [3.63, 3.8) is 0 Å². The molecule has 4 nitrogen and oxygen atoms in total. The molecule has 130 valence electrons. The molecule has 4 heteroatoms. The van der Waals surface area contributed by atoms with E-state index in [4.69, 9.17) is 4.74 Å². The summed E-state index contributed by atoms with van der Waals surface area (Å²) in [6, 6.07) is 11.5. The van der Waals surface area contributed by atoms with Crippen molar-refractivity contribution in [1.82, 2.24) is 0 Å². The van der Waals surface area contributed by atoms with E-state index in [2.05, 4.69) is 0 Å². The highest BCUT2D eigenvalue weighted by Gasteiger charge is 2.37. The smallest absolute Gasteiger partial charge is 0.316 e. The largest absolute Gasteiger partial charge is 0.426 e. The van der Waals surface area contributed by atoms with Gasteiger partial charge in [-0.15, -0.1) is 0 Å². The maximum Gasteiger partial charge on any atom is 0.316 e. The zero-order valence-corrected chi connectivity index (χ0v) is 15.1. The molecule has 0 bridgehead atoms. The monoisotopic (exact) mass is 337 g/mol. The fourth-order valence-corrected chi connectivity index (χ4v) is 3.29. The first-order valence-corrected chi connectivity index (χ1v) is 8.52. The molecule has 0 spiro atoms. The van der Waals surface area contributed by atoms with Crippen molar-refractivity contribution in [1.29, 1.82) is 0 Å². The van der Waals surface area contributed by atoms with Gasteiger partial charge in [0.05, 0.1) is 5.92 Å². The number of rotatable bonds is 3. The lowest BCUT2D eigenvalue weighted by atomic mass is 10.1. The fourth-order valence-electron chi connectivity index (χ4n) is 3.29. The number of esters is 1. The molecule has 1 aliphatic heterocycles. The zero-order chi connectivity index (χ0) is 18.1. The molecular weight excluding hydrogens is 314 g/mol. The van der Waals surface area contributed by atoms with Gasteiger partial charge in [-0.3, -0.25) is 9.59 Å². The quantitative estimate of drug-likeness (QED) is 0.631. The van der Waals surface area contributed by atoms with E-state index in [-0.39, 0.29) is 18.3 Å². The minimum absolute atomic E-state index is 0.0283. The summed E-state index contributed by atoms with van der Waals surface area (Å²) in [6.07, 6.45) is 0.192. The van der Waals surface area contributed by atoms with Gasteiger partial charge >= 0.3 is 5.97 Å². The van der Waals surface area contributed by atoms with E-state index in [1.807, 2.05) is 58.0 Å². The number of aryl methyl sites for hydroxylation is 4. The lowest BCUT2D eigenvalue weighted by Crippen LogP contribution is -2.28. The highest BCUT2D eigenvalue weighted by molar-refractivity contribution is 6.00. The Morgan fingerprint density at radius 1 is 1.00 bits per heavy atom. The van der Waals surface area contributed by atoms with E-state index >= 15 is 0 Å². The highest BCUT2D eigenvalue weighted by atomic mass is 16.5. The summed E-state index contributed by atoms with van der Waals surface area (Å²) < 4.78 is 5.51. The number of nitrogens with zero attached hydrogens (tertiary/aromatic N) is 1. The molecule has 1 amide bonds. The minimum Gasteiger partial charge on any atom is -0.426 e. The number of anilines is 1. The maximum absolute atomic E-state index is 12.5. The SMILES string of the molecule is Cc1ccc(OC(=O)[C@H]2CC(=O)N(c3c(C)cccc3C)C2)cc1C. The molecule has 2 aromatic carbocycles. The van der Waals surface area contributed by atoms with Crippen LogP contribution >= 0.6 is 0 Å². The number of hydrogen-bond donors (Lipinski definition) is 0. The Hall–Kier alpha value is -2.62. The van der Waals surface area contributed by atoms with Gasteiger partial charge in [-0.05, 0) is 62.1 Å². The predicted molar refractivity (Wildman–Crippen MR) is 97.9 cm³/mol. The van der Waals surface area contributed by atoms with Crippen LogP contribution in [0.1, 0.15) is 28.7 Å². The van der Waals surface area contributed by atoms with Crippen LogP contribution < -0.4 is 9.64 Å². The van der Waals surface area contributed by atoms with Crippen LogP contribution in [0.25, 0.3) is 0 Å². The number of hydrogen-bond acceptors (Lipinski definition) is 3. The van der Waals surface area contributed by atoms with Crippen LogP contribution in [-0.2, 0) is 9.59 Å². The Labute approximate surface area is 148 Å². The van der Waals surface area contributed by atoms with Gasteiger partial charge < -0.3 is 9.64 Å². The van der Waals surface area contributed by atoms with Crippen LogP contribution in [0.5, 0.6) is 5.75 Å². The predicted octanol–water partition coefficient (Wildman–Crippen LogP) is 3.88. The lowest BCUT2D eigenvalue weighted by Gasteiger charge is -2.21. The maximum atomic E-state index is 12.5. The average Bonchev–Trinajstić information content (AvgIpc) is 2.93. The normalized spacial score (nSPS) is 17.0. The molecule has 1 saturated heterocycles. The molecule has 0 saturated carbocycles. The number of carbonyl (C=O) groups is 2. The fraction of sp³-hybridized carbons (Fsp3) is 0.333. The van der Waals surface area contributed by atoms with Crippen molar-refractivity contribution >= 4 is 17.6 Å². The highest BCUT2D eigenvalue weighted by Crippen LogP contribution is 2.31. The second kappa shape index (κ2) is 6.71. The van der Waals surface area contributed by atoms with Gasteiger partial charge in [-0.25, -0.2) is 0 Å². The number of benzene rings is 2. The third kappa shape index (κ3) is 3.43. The van der Waals surface area contributed by atoms with Crippen LogP contribution in [-0.4, -0.2) is 18.4 Å². The van der Waals surface area contributed by atoms with E-state index in [0.29, 0.717) is 12.3 Å². The molecule has 25 heavy (non-hydrogen) atoms. The van der Waals surface area contributed by atoms with Crippen LogP contribution in [0.4, 0.5) is 5.69 Å². The van der Waals surface area contributed by atoms with Gasteiger partial charge in [-0.1, -0.05) is 24.3 Å². The third-order valence-corrected chi connectivity index (χ3v) is 4.86. The zero-order valence-electron chi connectivity index (χ0n) is 15.1. The Morgan fingerprint density at radius 2 is 1.68 bits per heavy atom. The first-order valence-electron chi connectivity index (χ1n) is 8.52. The first-order chi connectivity index (χ1) is 11.9. The van der Waals surface area contributed by atoms with E-state index < -0.39 is 5.92 Å². The molecule has 0 radical (unpaired) electrons. The summed E-state index contributed by atoms with van der Waals surface area (Å²) in [5, 5.41) is 0. The van der Waals surface area contributed by atoms with Crippen molar-refractivity contribution in [2.24, 2.45) is 5.92 Å². The number of amides is 1. The molecule has 2 aromatic rings. The summed E-state index contributed by atoms with van der Waals surface area (Å²) >= 11 is 0. The van der Waals surface area contributed by atoms with Gasteiger partial charge in [-0.2, -0.15) is 0 Å². The topological polar surface area (TPSA) is 46.6 Å². The summed E-state index contributed by atoms with van der Waals surface area (Å²) in [5.41, 5.74) is 5.21. The standard InChI is InChI=1S/C21H23NO3/c1-13-8-9-18(10-16(13)4)25-21(24)17-11-19(23)22(12-17)20-14(2)6-5-7-15(20)3/h5-10,17H,11-12H2,1-4H3/t17-/m0/s1. The molecule has 1 heterocycles. The van der Waals surface area contributed by atoms with Gasteiger partial charge in [0, 0.05) is 18.7 Å². The van der Waals surface area contributed by atoms with Crippen molar-refractivity contribution in [2.45, 2.75) is 34.1 Å². The summed E-state index contributed by atoms with van der Waals surface area (Å²) in [4.78, 5) is 26.7. The summed E-state index contributed by atoms with van der Waals surface area (Å²) in [5.74, 6) is -0.274. The number of carbonyl (C=O) groups excluding carboxylic acids is 2. The van der Waals surface area contributed by atoms with Crippen LogP contribution in [0, 0.1) is 33.6 Å². The molecule has 1 fully saturated rings. The van der Waals surface area contributed by atoms with Gasteiger partial charge in [0.2, 0.25) is 5.91 Å². The third-order valence-electron chi connectivity index (χ3n) is 4.86. The van der Waals surface area contributed by atoms with Gasteiger partial charge in [0.15, 0.2) is 0 Å². The van der Waals surface area contributed by atoms with E-state index in [1.165, 1.54) is 0 Å². The van der Waals surface area contributed by atoms with Crippen LogP contribution in [0.3, 0.4) is 0 Å². The second-order valence-corrected chi connectivity index (χ2v) is 6.81. The number of para-hydroxylation sites is 1. The second-order valence-electron chi connectivity index (χ2n) is 6.81. The van der Waals surface area contributed by atoms with Crippen molar-refractivity contribution in [3.8, 4) is 5.75 Å². The minimum atomic E-state index is -0.437. The van der Waals surface area contributed by atoms with Gasteiger partial charge in [0.1, 0.15) is 5.75 Å². The van der Waals surface area contributed by atoms with Crippen molar-refractivity contribution in [3.05, 3.63) is 58.7 Å². The Bertz CT molecular complexity index is 821. The van der Waals surface area contributed by atoms with Crippen molar-refractivity contribution in [2.75, 3.05) is 11.4 Å².